The lowest BCUT2D eigenvalue weighted by molar-refractivity contribution is -0.148. The molecule has 4 aliphatic carbocycles. The van der Waals surface area contributed by atoms with Crippen LogP contribution in [-0.4, -0.2) is 16.1 Å². The lowest BCUT2D eigenvalue weighted by Gasteiger charge is -2.64. The van der Waals surface area contributed by atoms with Crippen molar-refractivity contribution in [2.75, 3.05) is 0 Å². The highest BCUT2D eigenvalue weighted by atomic mass is 35.5. The summed E-state index contributed by atoms with van der Waals surface area (Å²) in [6, 6.07) is 5.55. The van der Waals surface area contributed by atoms with E-state index in [0.717, 1.165) is 43.4 Å². The molecule has 4 nitrogen and oxygen atoms in total. The van der Waals surface area contributed by atoms with Gasteiger partial charge in [-0.1, -0.05) is 24.9 Å². The van der Waals surface area contributed by atoms with Crippen molar-refractivity contribution in [3.8, 4) is 5.75 Å². The van der Waals surface area contributed by atoms with Crippen molar-refractivity contribution in [2.24, 2.45) is 23.5 Å². The lowest BCUT2D eigenvalue weighted by atomic mass is 9.46. The third kappa shape index (κ3) is 2.64. The van der Waals surface area contributed by atoms with E-state index >= 15 is 0 Å². The quantitative estimate of drug-likeness (QED) is 0.804. The van der Waals surface area contributed by atoms with Crippen LogP contribution >= 0.6 is 11.6 Å². The number of benzene rings is 1. The molecule has 2 aromatic rings. The molecule has 4 saturated carbocycles. The van der Waals surface area contributed by atoms with E-state index in [-0.39, 0.29) is 16.7 Å². The number of pyridine rings is 1. The van der Waals surface area contributed by atoms with Crippen LogP contribution in [0.5, 0.6) is 5.75 Å². The van der Waals surface area contributed by atoms with Crippen molar-refractivity contribution in [3.63, 3.8) is 0 Å². The molecule has 0 radical (unpaired) electrons. The lowest BCUT2D eigenvalue weighted by Crippen LogP contribution is -2.68. The molecule has 0 saturated heterocycles. The van der Waals surface area contributed by atoms with Crippen LogP contribution in [0.15, 0.2) is 29.2 Å². The molecular weight excluding hydrogens is 360 g/mol. The van der Waals surface area contributed by atoms with Crippen LogP contribution in [-0.2, 0) is 0 Å². The first-order valence-electron chi connectivity index (χ1n) is 10.2. The summed E-state index contributed by atoms with van der Waals surface area (Å²) in [5, 5.41) is 1.98. The van der Waals surface area contributed by atoms with Gasteiger partial charge in [-0.3, -0.25) is 4.79 Å². The number of fused-ring (bicyclic) bond motifs is 1. The Labute approximate surface area is 164 Å². The Balaban J connectivity index is 1.49. The number of hydrogen-bond acceptors (Lipinski definition) is 3. The molecule has 4 aliphatic rings. The monoisotopic (exact) mass is 386 g/mol. The SMILES string of the molecule is CCCC1(N)C2CC3CC1CC(Oc1cc4cc[nH]c(=O)c4cc1Cl)(C3)C2. The average Bonchev–Trinajstić information content (AvgIpc) is 2.61. The summed E-state index contributed by atoms with van der Waals surface area (Å²) in [5.74, 6) is 2.52. The second kappa shape index (κ2) is 5.99. The minimum Gasteiger partial charge on any atom is -0.486 e. The minimum atomic E-state index is -0.147. The third-order valence-corrected chi connectivity index (χ3v) is 7.78. The molecule has 27 heavy (non-hydrogen) atoms. The number of nitrogens with two attached hydrogens (primary N) is 1. The van der Waals surface area contributed by atoms with Gasteiger partial charge in [0.2, 0.25) is 0 Å². The Bertz CT molecular complexity index is 937. The summed E-state index contributed by atoms with van der Waals surface area (Å²) >= 11 is 6.52. The van der Waals surface area contributed by atoms with Crippen LogP contribution in [0, 0.1) is 17.8 Å². The maximum Gasteiger partial charge on any atom is 0.255 e. The highest BCUT2D eigenvalue weighted by Crippen LogP contribution is 2.61. The Morgan fingerprint density at radius 3 is 2.70 bits per heavy atom. The largest absolute Gasteiger partial charge is 0.486 e. The molecule has 3 N–H and O–H groups in total. The van der Waals surface area contributed by atoms with E-state index < -0.39 is 0 Å². The topological polar surface area (TPSA) is 68.1 Å². The summed E-state index contributed by atoms with van der Waals surface area (Å²) in [6.07, 6.45) is 9.59. The van der Waals surface area contributed by atoms with Crippen molar-refractivity contribution in [3.05, 3.63) is 39.8 Å². The number of H-pyrrole nitrogens is 1. The molecule has 2 unspecified atom stereocenters. The number of aromatic amines is 1. The molecule has 0 aliphatic heterocycles. The maximum absolute atomic E-state index is 12.0. The van der Waals surface area contributed by atoms with Crippen LogP contribution < -0.4 is 16.0 Å². The van der Waals surface area contributed by atoms with Crippen molar-refractivity contribution in [2.45, 2.75) is 63.0 Å². The highest BCUT2D eigenvalue weighted by Gasteiger charge is 2.61. The standard InChI is InChI=1S/C22H27ClN2O2/c1-2-4-22(24)15-6-13-7-16(22)12-21(10-13,11-15)27-19-8-14-3-5-25-20(26)17(14)9-18(19)23/h3,5,8-9,13,15-16H,2,4,6-7,10-12,24H2,1H3,(H,25,26). The van der Waals surface area contributed by atoms with Gasteiger partial charge in [-0.2, -0.15) is 0 Å². The Morgan fingerprint density at radius 2 is 2.00 bits per heavy atom. The zero-order chi connectivity index (χ0) is 18.8. The molecule has 6 rings (SSSR count). The molecule has 4 bridgehead atoms. The summed E-state index contributed by atoms with van der Waals surface area (Å²) in [4.78, 5) is 14.7. The minimum absolute atomic E-state index is 0.0149. The van der Waals surface area contributed by atoms with E-state index in [1.165, 1.54) is 12.8 Å². The number of ether oxygens (including phenoxy) is 1. The fraction of sp³-hybridized carbons (Fsp3) is 0.591. The van der Waals surface area contributed by atoms with Gasteiger partial charge in [0.25, 0.3) is 5.56 Å². The van der Waals surface area contributed by atoms with Gasteiger partial charge in [-0.25, -0.2) is 0 Å². The zero-order valence-corrected chi connectivity index (χ0v) is 16.5. The molecule has 2 atom stereocenters. The van der Waals surface area contributed by atoms with Crippen LogP contribution in [0.4, 0.5) is 0 Å². The molecule has 1 aromatic heterocycles. The van der Waals surface area contributed by atoms with Gasteiger partial charge in [0.05, 0.1) is 5.02 Å². The third-order valence-electron chi connectivity index (χ3n) is 7.49. The predicted molar refractivity (Wildman–Crippen MR) is 108 cm³/mol. The Kier molecular flexibility index (Phi) is 3.90. The second-order valence-corrected chi connectivity index (χ2v) is 9.57. The first kappa shape index (κ1) is 17.6. The smallest absolute Gasteiger partial charge is 0.255 e. The summed E-state index contributed by atoms with van der Waals surface area (Å²) < 4.78 is 6.67. The first-order valence-corrected chi connectivity index (χ1v) is 10.6. The van der Waals surface area contributed by atoms with Crippen LogP contribution in [0.1, 0.15) is 51.9 Å². The normalized spacial score (nSPS) is 37.1. The maximum atomic E-state index is 12.0. The molecule has 0 spiro atoms. The van der Waals surface area contributed by atoms with Crippen molar-refractivity contribution < 1.29 is 4.74 Å². The van der Waals surface area contributed by atoms with Crippen LogP contribution in [0.3, 0.4) is 0 Å². The average molecular weight is 387 g/mol. The van der Waals surface area contributed by atoms with E-state index in [9.17, 15) is 4.79 Å². The second-order valence-electron chi connectivity index (χ2n) is 9.17. The number of nitrogens with one attached hydrogen (secondary N) is 1. The van der Waals surface area contributed by atoms with Crippen molar-refractivity contribution in [1.29, 1.82) is 0 Å². The predicted octanol–water partition coefficient (Wildman–Crippen LogP) is 4.64. The fourth-order valence-corrected chi connectivity index (χ4v) is 6.73. The van der Waals surface area contributed by atoms with Gasteiger partial charge in [0.15, 0.2) is 0 Å². The van der Waals surface area contributed by atoms with E-state index in [1.54, 1.807) is 12.3 Å². The number of rotatable bonds is 4. The van der Waals surface area contributed by atoms with Crippen LogP contribution in [0.25, 0.3) is 10.8 Å². The van der Waals surface area contributed by atoms with Crippen molar-refractivity contribution in [1.82, 2.24) is 4.98 Å². The van der Waals surface area contributed by atoms with Gasteiger partial charge in [-0.05, 0) is 79.9 Å². The fourth-order valence-electron chi connectivity index (χ4n) is 6.53. The molecule has 1 aromatic carbocycles. The number of aromatic nitrogens is 1. The Morgan fingerprint density at radius 1 is 1.26 bits per heavy atom. The number of halogens is 1. The molecule has 144 valence electrons. The van der Waals surface area contributed by atoms with Gasteiger partial charge < -0.3 is 15.5 Å². The summed E-state index contributed by atoms with van der Waals surface area (Å²) in [7, 11) is 0. The Hall–Kier alpha value is -1.52. The molecule has 0 amide bonds. The van der Waals surface area contributed by atoms with Gasteiger partial charge in [0, 0.05) is 17.1 Å². The number of hydrogen-bond donors (Lipinski definition) is 2. The zero-order valence-electron chi connectivity index (χ0n) is 15.8. The van der Waals surface area contributed by atoms with Gasteiger partial charge >= 0.3 is 0 Å². The summed E-state index contributed by atoms with van der Waals surface area (Å²) in [5.41, 5.74) is 6.67. The van der Waals surface area contributed by atoms with E-state index in [0.29, 0.717) is 28.0 Å². The van der Waals surface area contributed by atoms with E-state index in [2.05, 4.69) is 11.9 Å². The highest BCUT2D eigenvalue weighted by molar-refractivity contribution is 6.32. The van der Waals surface area contributed by atoms with Crippen LogP contribution in [0.2, 0.25) is 5.02 Å². The van der Waals surface area contributed by atoms with Gasteiger partial charge in [0.1, 0.15) is 11.4 Å². The molecule has 5 heteroatoms. The first-order chi connectivity index (χ1) is 12.9. The molecular formula is C22H27ClN2O2. The molecule has 1 heterocycles. The molecule has 4 fully saturated rings. The van der Waals surface area contributed by atoms with E-state index in [1.807, 2.05) is 12.1 Å². The van der Waals surface area contributed by atoms with Gasteiger partial charge in [-0.15, -0.1) is 0 Å². The van der Waals surface area contributed by atoms with Crippen molar-refractivity contribution >= 4 is 22.4 Å². The summed E-state index contributed by atoms with van der Waals surface area (Å²) in [6.45, 7) is 2.24. The van der Waals surface area contributed by atoms with E-state index in [4.69, 9.17) is 22.1 Å².